The maximum Gasteiger partial charge on any atom is 0.293 e. The molecule has 0 saturated carbocycles. The first-order chi connectivity index (χ1) is 16.3. The molecule has 6 heteroatoms. The SMILES string of the molecule is CC(C)(C)c1ccc(-c2c(CC(Cc3ccccc3)OC=O)[nH]c3ccc([N+](=O)[O-])cc23)cc1. The van der Waals surface area contributed by atoms with Gasteiger partial charge in [-0.05, 0) is 28.2 Å². The molecule has 34 heavy (non-hydrogen) atoms. The second-order valence-corrected chi connectivity index (χ2v) is 9.54. The average Bonchev–Trinajstić information content (AvgIpc) is 3.16. The zero-order chi connectivity index (χ0) is 24.3. The molecular formula is C28H28N2O4. The van der Waals surface area contributed by atoms with Gasteiger partial charge in [-0.2, -0.15) is 0 Å². The molecule has 174 valence electrons. The second-order valence-electron chi connectivity index (χ2n) is 9.54. The number of aromatic nitrogens is 1. The number of nitro benzene ring substituents is 1. The Hall–Kier alpha value is -3.93. The number of non-ortho nitro benzene ring substituents is 1. The van der Waals surface area contributed by atoms with Crippen LogP contribution in [0.4, 0.5) is 5.69 Å². The zero-order valence-electron chi connectivity index (χ0n) is 19.6. The number of carbonyl (C=O) groups excluding carboxylic acids is 1. The molecule has 4 aromatic rings. The summed E-state index contributed by atoms with van der Waals surface area (Å²) in [4.78, 5) is 25.8. The van der Waals surface area contributed by atoms with E-state index in [2.05, 4.69) is 50.0 Å². The molecule has 1 N–H and O–H groups in total. The van der Waals surface area contributed by atoms with Crippen LogP contribution in [0.1, 0.15) is 37.6 Å². The highest BCUT2D eigenvalue weighted by Crippen LogP contribution is 2.36. The Morgan fingerprint density at radius 1 is 1.00 bits per heavy atom. The van der Waals surface area contributed by atoms with Crippen molar-refractivity contribution < 1.29 is 14.5 Å². The van der Waals surface area contributed by atoms with Crippen LogP contribution >= 0.6 is 0 Å². The predicted octanol–water partition coefficient (Wildman–Crippen LogP) is 6.37. The van der Waals surface area contributed by atoms with Crippen molar-refractivity contribution in [1.82, 2.24) is 4.98 Å². The molecule has 0 amide bonds. The van der Waals surface area contributed by atoms with Gasteiger partial charge in [0.25, 0.3) is 12.2 Å². The van der Waals surface area contributed by atoms with Gasteiger partial charge in [-0.25, -0.2) is 0 Å². The summed E-state index contributed by atoms with van der Waals surface area (Å²) >= 11 is 0. The lowest BCUT2D eigenvalue weighted by Gasteiger charge is -2.19. The van der Waals surface area contributed by atoms with Gasteiger partial charge in [-0.15, -0.1) is 0 Å². The van der Waals surface area contributed by atoms with Crippen LogP contribution in [0.2, 0.25) is 0 Å². The molecule has 0 radical (unpaired) electrons. The lowest BCUT2D eigenvalue weighted by Crippen LogP contribution is -2.19. The quantitative estimate of drug-likeness (QED) is 0.190. The summed E-state index contributed by atoms with van der Waals surface area (Å²) < 4.78 is 5.45. The van der Waals surface area contributed by atoms with Crippen molar-refractivity contribution in [3.63, 3.8) is 0 Å². The molecule has 1 aromatic heterocycles. The zero-order valence-corrected chi connectivity index (χ0v) is 19.6. The molecule has 6 nitrogen and oxygen atoms in total. The van der Waals surface area contributed by atoms with Crippen LogP contribution in [-0.4, -0.2) is 22.5 Å². The fraction of sp³-hybridized carbons (Fsp3) is 0.250. The van der Waals surface area contributed by atoms with Gasteiger partial charge in [-0.1, -0.05) is 75.4 Å². The number of hydrogen-bond acceptors (Lipinski definition) is 4. The third-order valence-electron chi connectivity index (χ3n) is 6.10. The molecule has 0 saturated heterocycles. The van der Waals surface area contributed by atoms with Gasteiger partial charge in [0, 0.05) is 47.1 Å². The van der Waals surface area contributed by atoms with E-state index < -0.39 is 0 Å². The molecule has 0 fully saturated rings. The fourth-order valence-corrected chi connectivity index (χ4v) is 4.32. The van der Waals surface area contributed by atoms with Crippen molar-refractivity contribution in [2.45, 2.75) is 45.1 Å². The number of H-pyrrole nitrogens is 1. The van der Waals surface area contributed by atoms with Crippen molar-refractivity contribution in [3.8, 4) is 11.1 Å². The number of fused-ring (bicyclic) bond motifs is 1. The summed E-state index contributed by atoms with van der Waals surface area (Å²) in [7, 11) is 0. The molecule has 0 spiro atoms. The van der Waals surface area contributed by atoms with Crippen LogP contribution in [-0.2, 0) is 27.8 Å². The van der Waals surface area contributed by atoms with Crippen molar-refractivity contribution >= 4 is 23.1 Å². The number of ether oxygens (including phenoxy) is 1. The van der Waals surface area contributed by atoms with E-state index in [1.807, 2.05) is 30.3 Å². The number of carbonyl (C=O) groups is 1. The van der Waals surface area contributed by atoms with Gasteiger partial charge >= 0.3 is 0 Å². The first kappa shape index (κ1) is 23.2. The molecule has 1 atom stereocenters. The first-order valence-corrected chi connectivity index (χ1v) is 11.3. The molecule has 4 rings (SSSR count). The van der Waals surface area contributed by atoms with Crippen molar-refractivity contribution in [2.75, 3.05) is 0 Å². The Labute approximate surface area is 198 Å². The second kappa shape index (κ2) is 9.51. The minimum atomic E-state index is -0.383. The molecule has 0 aliphatic heterocycles. The number of rotatable bonds is 8. The summed E-state index contributed by atoms with van der Waals surface area (Å²) in [6.45, 7) is 6.97. The van der Waals surface area contributed by atoms with E-state index in [0.717, 1.165) is 33.3 Å². The molecule has 0 aliphatic carbocycles. The lowest BCUT2D eigenvalue weighted by atomic mass is 9.86. The third-order valence-corrected chi connectivity index (χ3v) is 6.10. The normalized spacial score (nSPS) is 12.4. The first-order valence-electron chi connectivity index (χ1n) is 11.3. The Balaban J connectivity index is 1.80. The predicted molar refractivity (Wildman–Crippen MR) is 134 cm³/mol. The summed E-state index contributed by atoms with van der Waals surface area (Å²) in [5.41, 5.74) is 5.86. The van der Waals surface area contributed by atoms with Crippen LogP contribution in [0.3, 0.4) is 0 Å². The summed E-state index contributed by atoms with van der Waals surface area (Å²) in [5.74, 6) is 0. The topological polar surface area (TPSA) is 85.2 Å². The summed E-state index contributed by atoms with van der Waals surface area (Å²) in [5, 5.41) is 12.2. The van der Waals surface area contributed by atoms with Gasteiger partial charge in [-0.3, -0.25) is 14.9 Å². The fourth-order valence-electron chi connectivity index (χ4n) is 4.32. The van der Waals surface area contributed by atoms with Crippen molar-refractivity contribution in [2.24, 2.45) is 0 Å². The maximum atomic E-state index is 11.5. The van der Waals surface area contributed by atoms with Gasteiger partial charge in [0.2, 0.25) is 0 Å². The number of benzene rings is 3. The lowest BCUT2D eigenvalue weighted by molar-refractivity contribution is -0.384. The minimum Gasteiger partial charge on any atom is -0.464 e. The van der Waals surface area contributed by atoms with Gasteiger partial charge < -0.3 is 9.72 Å². The van der Waals surface area contributed by atoms with Gasteiger partial charge in [0.1, 0.15) is 6.10 Å². The molecule has 0 bridgehead atoms. The van der Waals surface area contributed by atoms with Crippen LogP contribution in [0.5, 0.6) is 0 Å². The van der Waals surface area contributed by atoms with Crippen LogP contribution in [0.15, 0.2) is 72.8 Å². The number of nitro groups is 1. The van der Waals surface area contributed by atoms with E-state index in [0.29, 0.717) is 19.3 Å². The van der Waals surface area contributed by atoms with Gasteiger partial charge in [0.05, 0.1) is 4.92 Å². The third kappa shape index (κ3) is 5.01. The van der Waals surface area contributed by atoms with Crippen LogP contribution in [0, 0.1) is 10.1 Å². The Morgan fingerprint density at radius 3 is 2.32 bits per heavy atom. The van der Waals surface area contributed by atoms with E-state index >= 15 is 0 Å². The maximum absolute atomic E-state index is 11.5. The number of aromatic amines is 1. The highest BCUT2D eigenvalue weighted by atomic mass is 16.6. The largest absolute Gasteiger partial charge is 0.464 e. The van der Waals surface area contributed by atoms with Crippen LogP contribution in [0.25, 0.3) is 22.0 Å². The smallest absolute Gasteiger partial charge is 0.293 e. The number of hydrogen-bond donors (Lipinski definition) is 1. The molecule has 3 aromatic carbocycles. The average molecular weight is 457 g/mol. The van der Waals surface area contributed by atoms with E-state index in [-0.39, 0.29) is 22.1 Å². The molecule has 1 heterocycles. The number of nitrogens with one attached hydrogen (secondary N) is 1. The molecule has 1 unspecified atom stereocenters. The molecular weight excluding hydrogens is 428 g/mol. The summed E-state index contributed by atoms with van der Waals surface area (Å²) in [6.07, 6.45) is 0.639. The van der Waals surface area contributed by atoms with Gasteiger partial charge in [0.15, 0.2) is 0 Å². The van der Waals surface area contributed by atoms with E-state index in [1.54, 1.807) is 12.1 Å². The van der Waals surface area contributed by atoms with Crippen molar-refractivity contribution in [3.05, 3.63) is 99.7 Å². The van der Waals surface area contributed by atoms with Crippen molar-refractivity contribution in [1.29, 1.82) is 0 Å². The Kier molecular flexibility index (Phi) is 6.50. The highest BCUT2D eigenvalue weighted by molar-refractivity contribution is 5.98. The number of nitrogens with zero attached hydrogens (tertiary/aromatic N) is 1. The molecule has 0 aliphatic rings. The van der Waals surface area contributed by atoms with Crippen LogP contribution < -0.4 is 0 Å². The minimum absolute atomic E-state index is 0.0128. The summed E-state index contributed by atoms with van der Waals surface area (Å²) in [6, 6.07) is 23.0. The van der Waals surface area contributed by atoms with E-state index in [9.17, 15) is 14.9 Å². The monoisotopic (exact) mass is 456 g/mol. The highest BCUT2D eigenvalue weighted by Gasteiger charge is 2.22. The van der Waals surface area contributed by atoms with E-state index in [1.165, 1.54) is 11.6 Å². The van der Waals surface area contributed by atoms with E-state index in [4.69, 9.17) is 4.74 Å². The Morgan fingerprint density at radius 2 is 1.71 bits per heavy atom. The standard InChI is InChI=1S/C28H28N2O4/c1-28(2,3)21-11-9-20(10-12-21)27-24-16-22(30(32)33)13-14-25(24)29-26(27)17-23(34-18-31)15-19-7-5-4-6-8-19/h4-14,16,18,23,29H,15,17H2,1-3H3. The Bertz CT molecular complexity index is 1300.